The Morgan fingerprint density at radius 3 is 2.33 bits per heavy atom. The van der Waals surface area contributed by atoms with Crippen LogP contribution in [0.15, 0.2) is 85.1 Å². The Hall–Kier alpha value is -4.26. The Balaban J connectivity index is 1.76. The minimum Gasteiger partial charge on any atom is -0.321 e. The number of non-ortho nitro benzene ring substituents is 1. The second kappa shape index (κ2) is 8.00. The Labute approximate surface area is 172 Å². The van der Waals surface area contributed by atoms with Gasteiger partial charge in [0.2, 0.25) is 0 Å². The summed E-state index contributed by atoms with van der Waals surface area (Å²) in [4.78, 5) is 23.8. The third-order valence-electron chi connectivity index (χ3n) is 4.71. The van der Waals surface area contributed by atoms with Gasteiger partial charge in [-0.05, 0) is 24.6 Å². The topological polar surface area (TPSA) is 90.1 Å². The molecule has 1 heterocycles. The average Bonchev–Trinajstić information content (AvgIpc) is 3.22. The number of nitrogens with zero attached hydrogens (tertiary/aromatic N) is 3. The SMILES string of the molecule is Cc1ccc([N+](=O)[O-])cc1NC(=O)c1cn(-c2ccccc2)nc1-c1ccccc1. The minimum absolute atomic E-state index is 0.0841. The van der Waals surface area contributed by atoms with Gasteiger partial charge in [0.05, 0.1) is 21.9 Å². The summed E-state index contributed by atoms with van der Waals surface area (Å²) in [6.07, 6.45) is 1.67. The summed E-state index contributed by atoms with van der Waals surface area (Å²) in [5.74, 6) is -0.389. The molecule has 30 heavy (non-hydrogen) atoms. The summed E-state index contributed by atoms with van der Waals surface area (Å²) in [6, 6.07) is 23.3. The molecule has 7 nitrogen and oxygen atoms in total. The maximum atomic E-state index is 13.2. The van der Waals surface area contributed by atoms with Crippen LogP contribution in [0.2, 0.25) is 0 Å². The number of nitrogens with one attached hydrogen (secondary N) is 1. The molecule has 1 amide bonds. The number of benzene rings is 3. The molecule has 0 aliphatic heterocycles. The van der Waals surface area contributed by atoms with Gasteiger partial charge in [0.25, 0.3) is 11.6 Å². The largest absolute Gasteiger partial charge is 0.321 e. The van der Waals surface area contributed by atoms with Crippen molar-refractivity contribution in [2.45, 2.75) is 6.92 Å². The number of nitro benzene ring substituents is 1. The van der Waals surface area contributed by atoms with Crippen molar-refractivity contribution in [2.75, 3.05) is 5.32 Å². The quantitative estimate of drug-likeness (QED) is 0.378. The molecule has 148 valence electrons. The van der Waals surface area contributed by atoms with Crippen LogP contribution in [-0.4, -0.2) is 20.6 Å². The molecule has 0 radical (unpaired) electrons. The molecule has 0 aliphatic rings. The number of amides is 1. The van der Waals surface area contributed by atoms with E-state index in [1.54, 1.807) is 23.9 Å². The number of aryl methyl sites for hydroxylation is 1. The first kappa shape index (κ1) is 19.1. The highest BCUT2D eigenvalue weighted by atomic mass is 16.6. The lowest BCUT2D eigenvalue weighted by atomic mass is 10.1. The number of nitro groups is 1. The molecule has 0 unspecified atom stereocenters. The zero-order chi connectivity index (χ0) is 21.1. The summed E-state index contributed by atoms with van der Waals surface area (Å²) in [6.45, 7) is 1.78. The summed E-state index contributed by atoms with van der Waals surface area (Å²) in [7, 11) is 0. The first-order valence-electron chi connectivity index (χ1n) is 9.30. The fraction of sp³-hybridized carbons (Fsp3) is 0.0435. The van der Waals surface area contributed by atoms with Gasteiger partial charge in [-0.3, -0.25) is 14.9 Å². The van der Waals surface area contributed by atoms with Crippen LogP contribution >= 0.6 is 0 Å². The molecule has 0 atom stereocenters. The zero-order valence-corrected chi connectivity index (χ0v) is 16.1. The highest BCUT2D eigenvalue weighted by Crippen LogP contribution is 2.27. The van der Waals surface area contributed by atoms with Gasteiger partial charge in [0, 0.05) is 23.9 Å². The Morgan fingerprint density at radius 1 is 1.00 bits per heavy atom. The fourth-order valence-corrected chi connectivity index (χ4v) is 3.11. The summed E-state index contributed by atoms with van der Waals surface area (Å²) < 4.78 is 1.65. The van der Waals surface area contributed by atoms with Crippen LogP contribution in [-0.2, 0) is 0 Å². The molecule has 0 spiro atoms. The first-order valence-corrected chi connectivity index (χ1v) is 9.30. The van der Waals surface area contributed by atoms with Crippen molar-refractivity contribution < 1.29 is 9.72 Å². The number of aromatic nitrogens is 2. The van der Waals surface area contributed by atoms with E-state index in [1.807, 2.05) is 60.7 Å². The van der Waals surface area contributed by atoms with Crippen LogP contribution in [0.4, 0.5) is 11.4 Å². The lowest BCUT2D eigenvalue weighted by Gasteiger charge is -2.08. The van der Waals surface area contributed by atoms with E-state index in [0.29, 0.717) is 16.9 Å². The number of rotatable bonds is 5. The van der Waals surface area contributed by atoms with Crippen molar-refractivity contribution in [3.05, 3.63) is 106 Å². The maximum absolute atomic E-state index is 13.2. The molecule has 1 N–H and O–H groups in total. The smallest absolute Gasteiger partial charge is 0.271 e. The number of hydrogen-bond acceptors (Lipinski definition) is 4. The minimum atomic E-state index is -0.488. The second-order valence-electron chi connectivity index (χ2n) is 6.75. The van der Waals surface area contributed by atoms with Crippen LogP contribution < -0.4 is 5.32 Å². The highest BCUT2D eigenvalue weighted by molar-refractivity contribution is 6.08. The predicted molar refractivity (Wildman–Crippen MR) is 115 cm³/mol. The molecule has 0 aliphatic carbocycles. The Bertz CT molecular complexity index is 1220. The molecule has 4 aromatic rings. The van der Waals surface area contributed by atoms with Crippen LogP contribution in [0.25, 0.3) is 16.9 Å². The molecule has 3 aromatic carbocycles. The van der Waals surface area contributed by atoms with E-state index >= 15 is 0 Å². The van der Waals surface area contributed by atoms with Gasteiger partial charge in [-0.2, -0.15) is 5.10 Å². The molecule has 7 heteroatoms. The van der Waals surface area contributed by atoms with Gasteiger partial charge in [-0.15, -0.1) is 0 Å². The molecule has 0 saturated carbocycles. The molecule has 1 aromatic heterocycles. The van der Waals surface area contributed by atoms with Crippen molar-refractivity contribution in [1.29, 1.82) is 0 Å². The van der Waals surface area contributed by atoms with E-state index in [2.05, 4.69) is 10.4 Å². The molecule has 0 bridgehead atoms. The fourth-order valence-electron chi connectivity index (χ4n) is 3.11. The van der Waals surface area contributed by atoms with Crippen molar-refractivity contribution in [3.63, 3.8) is 0 Å². The van der Waals surface area contributed by atoms with Crippen molar-refractivity contribution >= 4 is 17.3 Å². The average molecular weight is 398 g/mol. The molecule has 0 fully saturated rings. The van der Waals surface area contributed by atoms with Gasteiger partial charge in [-0.25, -0.2) is 4.68 Å². The van der Waals surface area contributed by atoms with Gasteiger partial charge in [0.1, 0.15) is 5.69 Å². The van der Waals surface area contributed by atoms with E-state index in [-0.39, 0.29) is 11.6 Å². The van der Waals surface area contributed by atoms with Crippen molar-refractivity contribution in [2.24, 2.45) is 0 Å². The summed E-state index contributed by atoms with van der Waals surface area (Å²) >= 11 is 0. The van der Waals surface area contributed by atoms with E-state index in [4.69, 9.17) is 0 Å². The number of carbonyl (C=O) groups is 1. The number of hydrogen-bond donors (Lipinski definition) is 1. The summed E-state index contributed by atoms with van der Waals surface area (Å²) in [5, 5.41) is 18.5. The van der Waals surface area contributed by atoms with Crippen molar-refractivity contribution in [3.8, 4) is 16.9 Å². The molecule has 4 rings (SSSR count). The lowest BCUT2D eigenvalue weighted by Crippen LogP contribution is -2.13. The number of anilines is 1. The highest BCUT2D eigenvalue weighted by Gasteiger charge is 2.20. The monoisotopic (exact) mass is 398 g/mol. The second-order valence-corrected chi connectivity index (χ2v) is 6.75. The third-order valence-corrected chi connectivity index (χ3v) is 4.71. The normalized spacial score (nSPS) is 10.6. The predicted octanol–water partition coefficient (Wildman–Crippen LogP) is 5.01. The van der Waals surface area contributed by atoms with Crippen molar-refractivity contribution in [1.82, 2.24) is 9.78 Å². The maximum Gasteiger partial charge on any atom is 0.271 e. The van der Waals surface area contributed by atoms with Crippen LogP contribution in [0, 0.1) is 17.0 Å². The first-order chi connectivity index (χ1) is 14.5. The summed E-state index contributed by atoms with van der Waals surface area (Å²) in [5.41, 5.74) is 3.55. The number of carbonyl (C=O) groups excluding carboxylic acids is 1. The molecule has 0 saturated heterocycles. The van der Waals surface area contributed by atoms with Gasteiger partial charge in [-0.1, -0.05) is 54.6 Å². The van der Waals surface area contributed by atoms with Crippen LogP contribution in [0.3, 0.4) is 0 Å². The van der Waals surface area contributed by atoms with Crippen LogP contribution in [0.1, 0.15) is 15.9 Å². The van der Waals surface area contributed by atoms with Crippen LogP contribution in [0.5, 0.6) is 0 Å². The van der Waals surface area contributed by atoms with E-state index in [1.165, 1.54) is 12.1 Å². The molecular weight excluding hydrogens is 380 g/mol. The molecular formula is C23H18N4O3. The Kier molecular flexibility index (Phi) is 5.09. The van der Waals surface area contributed by atoms with E-state index in [0.717, 1.165) is 16.8 Å². The third kappa shape index (κ3) is 3.81. The van der Waals surface area contributed by atoms with E-state index < -0.39 is 4.92 Å². The van der Waals surface area contributed by atoms with Gasteiger partial charge < -0.3 is 5.32 Å². The van der Waals surface area contributed by atoms with Gasteiger partial charge >= 0.3 is 0 Å². The number of para-hydroxylation sites is 1. The lowest BCUT2D eigenvalue weighted by molar-refractivity contribution is -0.384. The van der Waals surface area contributed by atoms with E-state index in [9.17, 15) is 14.9 Å². The standard InChI is InChI=1S/C23H18N4O3/c1-16-12-13-19(27(29)30)14-21(16)24-23(28)20-15-26(18-10-6-3-7-11-18)25-22(20)17-8-4-2-5-9-17/h2-15H,1H3,(H,24,28). The Morgan fingerprint density at radius 2 is 1.67 bits per heavy atom. The van der Waals surface area contributed by atoms with Gasteiger partial charge in [0.15, 0.2) is 0 Å². The zero-order valence-electron chi connectivity index (χ0n) is 16.1.